The van der Waals surface area contributed by atoms with Crippen molar-refractivity contribution >= 4 is 78.1 Å². The number of amides is 1. The minimum atomic E-state index is -2.49. The monoisotopic (exact) mass is 1060 g/mol. The smallest absolute Gasteiger partial charge is 0.329 e. The van der Waals surface area contributed by atoms with Gasteiger partial charge in [-0.05, 0) is 139 Å². The molecule has 5 aromatic rings. The number of aliphatic hydroxyl groups is 2. The van der Waals surface area contributed by atoms with E-state index in [4.69, 9.17) is 35.3 Å². The molecule has 3 heterocycles. The maximum absolute atomic E-state index is 14.3. The Morgan fingerprint density at radius 2 is 1.34 bits per heavy atom. The summed E-state index contributed by atoms with van der Waals surface area (Å²) >= 11 is 6.52. The number of rotatable bonds is 6. The molecule has 4 aliphatic rings. The maximum Gasteiger partial charge on any atom is 0.329 e. The standard InChI is InChI=1S/C43H68ClNO11.C20H12/c1-10-30-18-24(2)17-25(3)19-36(53-8)39-37(54-9)21-27(5)43(51,56-39)40(48)41(49)45-16-12-11-13-32(45)42(50)55-38(28(6)33(46)23-34(30)47)26(4)20-29-14-15-31(44)35(22-29)52-7;1-5-13-6-2-11-17-18-12-4-8-14-7-3-10-16(20(14)18)15(9-1)19(13)17/h18,20,25,27-33,35-39,46,51H,10-17,19,21-23H2,1-9H3;1-12H/b24-18+,26-20+;/t25-,27+,28+,29-,30+,31+,32-,33-,35+,36-,37-,38+,39+,43+;/m0./s1. The number of carbonyl (C=O) groups is 4. The lowest BCUT2D eigenvalue weighted by molar-refractivity contribution is -0.302. The maximum atomic E-state index is 14.3. The van der Waals surface area contributed by atoms with Gasteiger partial charge < -0.3 is 38.8 Å². The number of piperidine rings is 1. The number of hydrogen-bond acceptors (Lipinski definition) is 11. The average molecular weight is 1060 g/mol. The number of esters is 1. The Balaban J connectivity index is 0.000000312. The van der Waals surface area contributed by atoms with E-state index < -0.39 is 77.8 Å². The Kier molecular flexibility index (Phi) is 18.8. The van der Waals surface area contributed by atoms with E-state index in [1.54, 1.807) is 21.0 Å². The Labute approximate surface area is 453 Å². The molecule has 0 aromatic heterocycles. The van der Waals surface area contributed by atoms with Crippen LogP contribution in [-0.2, 0) is 42.9 Å². The second-order valence-electron chi connectivity index (χ2n) is 22.5. The molecule has 0 unspecified atom stereocenters. The molecule has 14 atom stereocenters. The number of benzene rings is 5. The summed E-state index contributed by atoms with van der Waals surface area (Å²) in [6.07, 6.45) is 5.16. The lowest BCUT2D eigenvalue weighted by Crippen LogP contribution is -2.64. The normalized spacial score (nSPS) is 33.8. The fraction of sp³-hybridized carbons (Fsp3) is 0.556. The number of alkyl halides is 1. The van der Waals surface area contributed by atoms with Crippen molar-refractivity contribution in [3.8, 4) is 0 Å². The third-order valence-corrected chi connectivity index (χ3v) is 17.7. The number of allylic oxidation sites excluding steroid dienone is 3. The molecular formula is C63H80ClNO11. The molecule has 0 radical (unpaired) electrons. The van der Waals surface area contributed by atoms with Crippen molar-refractivity contribution in [3.63, 3.8) is 0 Å². The van der Waals surface area contributed by atoms with Crippen molar-refractivity contribution in [2.45, 2.75) is 166 Å². The summed E-state index contributed by atoms with van der Waals surface area (Å²) in [6, 6.07) is 25.3. The van der Waals surface area contributed by atoms with Gasteiger partial charge in [0.05, 0.1) is 29.8 Å². The number of halogens is 1. The fourth-order valence-corrected chi connectivity index (χ4v) is 13.3. The van der Waals surface area contributed by atoms with Gasteiger partial charge in [0.2, 0.25) is 5.79 Å². The highest BCUT2D eigenvalue weighted by atomic mass is 35.5. The van der Waals surface area contributed by atoms with Gasteiger partial charge in [0.15, 0.2) is 0 Å². The van der Waals surface area contributed by atoms with Crippen LogP contribution in [0.3, 0.4) is 0 Å². The Hall–Kier alpha value is -4.79. The van der Waals surface area contributed by atoms with Gasteiger partial charge in [-0.1, -0.05) is 118 Å². The van der Waals surface area contributed by atoms with Gasteiger partial charge in [-0.25, -0.2) is 4.79 Å². The first-order chi connectivity index (χ1) is 36.4. The fourth-order valence-electron chi connectivity index (χ4n) is 12.9. The topological polar surface area (TPSA) is 158 Å². The van der Waals surface area contributed by atoms with Crippen LogP contribution in [0.25, 0.3) is 43.1 Å². The lowest BCUT2D eigenvalue weighted by atomic mass is 9.82. The number of cyclic esters (lactones) is 1. The zero-order valence-corrected chi connectivity index (χ0v) is 46.7. The number of ether oxygens (including phenoxy) is 5. The largest absolute Gasteiger partial charge is 0.456 e. The zero-order chi connectivity index (χ0) is 54.6. The summed E-state index contributed by atoms with van der Waals surface area (Å²) in [6.45, 7) is 11.3. The molecule has 13 heteroatoms. The zero-order valence-electron chi connectivity index (χ0n) is 46.0. The van der Waals surface area contributed by atoms with Crippen molar-refractivity contribution in [3.05, 3.63) is 96.1 Å². The third-order valence-electron chi connectivity index (χ3n) is 17.2. The van der Waals surface area contributed by atoms with E-state index in [1.807, 2.05) is 32.9 Å². The minimum Gasteiger partial charge on any atom is -0.456 e. The predicted molar refractivity (Wildman–Crippen MR) is 299 cm³/mol. The van der Waals surface area contributed by atoms with Crippen LogP contribution in [0.4, 0.5) is 0 Å². The molecule has 5 aromatic carbocycles. The van der Waals surface area contributed by atoms with Gasteiger partial charge in [-0.2, -0.15) is 0 Å². The van der Waals surface area contributed by atoms with Crippen LogP contribution in [0.15, 0.2) is 96.1 Å². The lowest BCUT2D eigenvalue weighted by Gasteiger charge is -2.47. The quantitative estimate of drug-likeness (QED) is 0.0416. The molecule has 12 nitrogen and oxygen atoms in total. The highest BCUT2D eigenvalue weighted by Crippen LogP contribution is 2.42. The van der Waals surface area contributed by atoms with Gasteiger partial charge >= 0.3 is 5.97 Å². The van der Waals surface area contributed by atoms with E-state index >= 15 is 0 Å². The Morgan fingerprint density at radius 3 is 1.89 bits per heavy atom. The molecule has 3 aliphatic heterocycles. The predicted octanol–water partition coefficient (Wildman–Crippen LogP) is 11.5. The van der Waals surface area contributed by atoms with Crippen LogP contribution in [-0.4, -0.2) is 120 Å². The molecule has 2 saturated heterocycles. The molecule has 1 amide bonds. The molecule has 1 aliphatic carbocycles. The van der Waals surface area contributed by atoms with E-state index in [1.165, 1.54) is 62.2 Å². The van der Waals surface area contributed by atoms with Gasteiger partial charge in [-0.3, -0.25) is 14.4 Å². The van der Waals surface area contributed by atoms with Gasteiger partial charge in [0, 0.05) is 52.0 Å². The SMILES string of the molecule is CC[C@@H]1/C=C(\C)C[C@H](C)C[C@H](OC)[C@H]2O[C@@](O)(C(=O)C(=O)N3CCCC[C@H]3C(=O)O[C@H](/C(C)=C/[C@@H]3CC[C@@H](Cl)[C@H](OC)C3)[C@H](C)[C@@H](O)CC1=O)[C@H](C)C[C@@H]2OC.c1cc2cccc3c4cccc5cccc(c(c1)c23)c54. The van der Waals surface area contributed by atoms with Gasteiger partial charge in [0.1, 0.15) is 24.0 Å². The first-order valence-corrected chi connectivity index (χ1v) is 28.1. The summed E-state index contributed by atoms with van der Waals surface area (Å²) in [5.41, 5.74) is 1.71. The minimum absolute atomic E-state index is 0.0425. The van der Waals surface area contributed by atoms with Crippen LogP contribution in [0.5, 0.6) is 0 Å². The summed E-state index contributed by atoms with van der Waals surface area (Å²) in [5.74, 6) is -7.31. The van der Waals surface area contributed by atoms with Crippen LogP contribution < -0.4 is 0 Å². The number of ketones is 2. The number of aliphatic hydroxyl groups excluding tert-OH is 1. The van der Waals surface area contributed by atoms with Crippen molar-refractivity contribution in [1.82, 2.24) is 4.90 Å². The first kappa shape index (κ1) is 57.4. The second kappa shape index (κ2) is 24.9. The summed E-state index contributed by atoms with van der Waals surface area (Å²) in [5, 5.41) is 34.5. The van der Waals surface area contributed by atoms with Gasteiger partial charge in [-0.15, -0.1) is 11.6 Å². The van der Waals surface area contributed by atoms with E-state index in [2.05, 4.69) is 79.7 Å². The molecule has 9 rings (SSSR count). The van der Waals surface area contributed by atoms with E-state index in [0.717, 1.165) is 18.4 Å². The molecule has 2 N–H and O–H groups in total. The molecule has 3 fully saturated rings. The van der Waals surface area contributed by atoms with Crippen LogP contribution in [0.1, 0.15) is 112 Å². The molecule has 2 bridgehead atoms. The van der Waals surface area contributed by atoms with E-state index in [9.17, 15) is 29.4 Å². The van der Waals surface area contributed by atoms with E-state index in [-0.39, 0.29) is 54.9 Å². The number of nitrogens with zero attached hydrogens (tertiary/aromatic N) is 1. The van der Waals surface area contributed by atoms with Crippen LogP contribution in [0.2, 0.25) is 0 Å². The van der Waals surface area contributed by atoms with E-state index in [0.29, 0.717) is 44.1 Å². The van der Waals surface area contributed by atoms with Gasteiger partial charge in [0.25, 0.3) is 11.7 Å². The summed E-state index contributed by atoms with van der Waals surface area (Å²) < 4.78 is 29.9. The Bertz CT molecular complexity index is 2750. The average Bonchev–Trinajstić information content (AvgIpc) is 3.43. The molecule has 410 valence electrons. The highest BCUT2D eigenvalue weighted by Gasteiger charge is 2.56. The molecular weight excluding hydrogens is 982 g/mol. The van der Waals surface area contributed by atoms with Crippen molar-refractivity contribution < 1.29 is 53.1 Å². The number of fused-ring (bicyclic) bond motifs is 5. The third kappa shape index (κ3) is 11.9. The molecule has 1 saturated carbocycles. The van der Waals surface area contributed by atoms with Crippen molar-refractivity contribution in [1.29, 1.82) is 0 Å². The van der Waals surface area contributed by atoms with Crippen molar-refractivity contribution in [2.24, 2.45) is 29.6 Å². The molecule has 76 heavy (non-hydrogen) atoms. The van der Waals surface area contributed by atoms with Crippen LogP contribution >= 0.6 is 11.6 Å². The number of methoxy groups -OCH3 is 3. The number of hydrogen-bond donors (Lipinski definition) is 2. The Morgan fingerprint density at radius 1 is 0.776 bits per heavy atom. The van der Waals surface area contributed by atoms with Crippen molar-refractivity contribution in [2.75, 3.05) is 27.9 Å². The second-order valence-corrected chi connectivity index (χ2v) is 23.1. The summed E-state index contributed by atoms with van der Waals surface area (Å²) in [4.78, 5) is 57.7. The van der Waals surface area contributed by atoms with Crippen LogP contribution in [0, 0.1) is 29.6 Å². The first-order valence-electron chi connectivity index (χ1n) is 27.7. The number of Topliss-reactive ketones (excluding diaryl/α,β-unsaturated/α-hetero) is 2. The molecule has 0 spiro atoms. The summed E-state index contributed by atoms with van der Waals surface area (Å²) in [7, 11) is 4.71. The highest BCUT2D eigenvalue weighted by molar-refractivity contribution is 6.39. The number of carbonyl (C=O) groups excluding carboxylic acids is 4.